The lowest BCUT2D eigenvalue weighted by atomic mass is 10.0. The van der Waals surface area contributed by atoms with E-state index in [0.717, 1.165) is 6.20 Å². The second-order valence-electron chi connectivity index (χ2n) is 9.10. The molecule has 0 spiro atoms. The number of likely N-dealkylation sites (tertiary alicyclic amines) is 1. The first-order chi connectivity index (χ1) is 17.6. The van der Waals surface area contributed by atoms with Gasteiger partial charge in [-0.1, -0.05) is 0 Å². The highest BCUT2D eigenvalue weighted by atomic mass is 19.4. The van der Waals surface area contributed by atoms with Crippen LogP contribution in [0.15, 0.2) is 52.5 Å². The predicted molar refractivity (Wildman–Crippen MR) is 129 cm³/mol. The van der Waals surface area contributed by atoms with Gasteiger partial charge >= 0.3 is 17.9 Å². The van der Waals surface area contributed by atoms with Gasteiger partial charge in [-0.15, -0.1) is 0 Å². The first kappa shape index (κ1) is 24.6. The quantitative estimate of drug-likeness (QED) is 0.488. The minimum absolute atomic E-state index is 0.154. The topological polar surface area (TPSA) is 120 Å². The van der Waals surface area contributed by atoms with Crippen LogP contribution >= 0.6 is 0 Å². The van der Waals surface area contributed by atoms with E-state index < -0.39 is 30.4 Å². The van der Waals surface area contributed by atoms with Crippen molar-refractivity contribution >= 4 is 22.9 Å². The fourth-order valence-corrected chi connectivity index (χ4v) is 4.86. The molecule has 1 atom stereocenters. The Kier molecular flexibility index (Phi) is 6.27. The summed E-state index contributed by atoms with van der Waals surface area (Å²) >= 11 is 0. The largest absolute Gasteiger partial charge is 0.406 e. The fraction of sp³-hybridized carbons (Fsp3) is 0.391. The van der Waals surface area contributed by atoms with Crippen molar-refractivity contribution in [3.05, 3.63) is 69.3 Å². The minimum atomic E-state index is -4.61. The van der Waals surface area contributed by atoms with E-state index in [0.29, 0.717) is 47.2 Å². The van der Waals surface area contributed by atoms with Gasteiger partial charge in [0.15, 0.2) is 5.65 Å². The zero-order valence-electron chi connectivity index (χ0n) is 19.8. The first-order valence-electron chi connectivity index (χ1n) is 11.7. The average molecular weight is 519 g/mol. The number of pyridine rings is 2. The van der Waals surface area contributed by atoms with E-state index in [-0.39, 0.29) is 17.4 Å². The van der Waals surface area contributed by atoms with Crippen molar-refractivity contribution in [2.24, 2.45) is 0 Å². The van der Waals surface area contributed by atoms with Gasteiger partial charge in [0.25, 0.3) is 5.56 Å². The van der Waals surface area contributed by atoms with E-state index >= 15 is 0 Å². The Labute approximate surface area is 208 Å². The van der Waals surface area contributed by atoms with Gasteiger partial charge in [-0.2, -0.15) is 13.2 Å². The molecule has 0 saturated carbocycles. The third-order valence-electron chi connectivity index (χ3n) is 6.62. The number of likely N-dealkylation sites (N-methyl/N-ethyl adjacent to an activating group) is 1. The number of carbonyl (C=O) groups excluding carboxylic acids is 1. The maximum Gasteiger partial charge on any atom is 0.406 e. The lowest BCUT2D eigenvalue weighted by Crippen LogP contribution is -2.43. The fourth-order valence-electron chi connectivity index (χ4n) is 4.86. The second-order valence-corrected chi connectivity index (χ2v) is 9.10. The summed E-state index contributed by atoms with van der Waals surface area (Å²) in [5.41, 5.74) is 3.03. The number of anilines is 1. The molecule has 2 aliphatic heterocycles. The highest BCUT2D eigenvalue weighted by Gasteiger charge is 2.31. The van der Waals surface area contributed by atoms with E-state index in [2.05, 4.69) is 20.7 Å². The number of amides is 2. The SMILES string of the molecule is CN1NC=CC1c1cc(NC(=O)N2CCC(n3c(=O)[nH]c4ncccc43)CC2)c(=O)n(CC(F)(F)F)c1. The Morgan fingerprint density at radius 2 is 2.00 bits per heavy atom. The van der Waals surface area contributed by atoms with Gasteiger partial charge in [0, 0.05) is 44.8 Å². The average Bonchev–Trinajstić information content (AvgIpc) is 3.42. The third-order valence-corrected chi connectivity index (χ3v) is 6.62. The maximum absolute atomic E-state index is 13.1. The van der Waals surface area contributed by atoms with Gasteiger partial charge < -0.3 is 20.2 Å². The van der Waals surface area contributed by atoms with Crippen molar-refractivity contribution in [1.82, 2.24) is 34.4 Å². The molecule has 3 aromatic heterocycles. The van der Waals surface area contributed by atoms with Crippen molar-refractivity contribution < 1.29 is 18.0 Å². The Morgan fingerprint density at radius 1 is 1.24 bits per heavy atom. The van der Waals surface area contributed by atoms with Gasteiger partial charge in [-0.3, -0.25) is 14.3 Å². The summed E-state index contributed by atoms with van der Waals surface area (Å²) in [7, 11) is 1.71. The van der Waals surface area contributed by atoms with E-state index in [1.54, 1.807) is 47.2 Å². The number of nitrogens with one attached hydrogen (secondary N) is 3. The third kappa shape index (κ3) is 4.96. The van der Waals surface area contributed by atoms with Gasteiger partial charge in [0.05, 0.1) is 11.6 Å². The number of piperidine rings is 1. The lowest BCUT2D eigenvalue weighted by molar-refractivity contribution is -0.141. The summed E-state index contributed by atoms with van der Waals surface area (Å²) in [6.45, 7) is -0.885. The van der Waals surface area contributed by atoms with Gasteiger partial charge in [0.1, 0.15) is 12.2 Å². The van der Waals surface area contributed by atoms with Crippen LogP contribution in [0.25, 0.3) is 11.2 Å². The molecule has 3 N–H and O–H groups in total. The molecule has 14 heteroatoms. The molecule has 196 valence electrons. The van der Waals surface area contributed by atoms with Crippen molar-refractivity contribution in [1.29, 1.82) is 0 Å². The Balaban J connectivity index is 1.34. The van der Waals surface area contributed by atoms with Gasteiger partial charge in [-0.25, -0.2) is 19.6 Å². The number of fused-ring (bicyclic) bond motifs is 1. The van der Waals surface area contributed by atoms with Crippen LogP contribution in [0.4, 0.5) is 23.7 Å². The highest BCUT2D eigenvalue weighted by molar-refractivity contribution is 5.89. The number of rotatable bonds is 4. The number of halogens is 3. The summed E-state index contributed by atoms with van der Waals surface area (Å²) in [4.78, 5) is 46.7. The van der Waals surface area contributed by atoms with Crippen LogP contribution in [0, 0.1) is 0 Å². The number of aromatic nitrogens is 4. The van der Waals surface area contributed by atoms with E-state index in [1.165, 1.54) is 11.0 Å². The van der Waals surface area contributed by atoms with E-state index in [4.69, 9.17) is 0 Å². The summed E-state index contributed by atoms with van der Waals surface area (Å²) in [6, 6.07) is 3.77. The maximum atomic E-state index is 13.1. The molecule has 5 rings (SSSR count). The number of hydrazine groups is 1. The number of carbonyl (C=O) groups is 1. The minimum Gasteiger partial charge on any atom is -0.326 e. The molecule has 0 radical (unpaired) electrons. The molecule has 2 aliphatic rings. The summed E-state index contributed by atoms with van der Waals surface area (Å²) < 4.78 is 41.6. The van der Waals surface area contributed by atoms with Crippen molar-refractivity contribution in [3.8, 4) is 0 Å². The summed E-state index contributed by atoms with van der Waals surface area (Å²) in [6.07, 6.45) is 2.47. The molecule has 0 aliphatic carbocycles. The Morgan fingerprint density at radius 3 is 2.68 bits per heavy atom. The summed E-state index contributed by atoms with van der Waals surface area (Å²) in [5, 5.41) is 4.18. The first-order valence-corrected chi connectivity index (χ1v) is 11.7. The highest BCUT2D eigenvalue weighted by Crippen LogP contribution is 2.27. The smallest absolute Gasteiger partial charge is 0.326 e. The van der Waals surface area contributed by atoms with Crippen LogP contribution < -0.4 is 22.0 Å². The molecule has 0 bridgehead atoms. The van der Waals surface area contributed by atoms with E-state index in [1.807, 2.05) is 0 Å². The Bertz CT molecular complexity index is 1470. The summed E-state index contributed by atoms with van der Waals surface area (Å²) in [5.74, 6) is 0. The van der Waals surface area contributed by atoms with Gasteiger partial charge in [0.2, 0.25) is 0 Å². The molecule has 1 fully saturated rings. The van der Waals surface area contributed by atoms with E-state index in [9.17, 15) is 27.6 Å². The number of urea groups is 1. The monoisotopic (exact) mass is 518 g/mol. The molecule has 11 nitrogen and oxygen atoms in total. The molecule has 1 unspecified atom stereocenters. The van der Waals surface area contributed by atoms with Crippen LogP contribution in [-0.4, -0.2) is 61.4 Å². The molecule has 3 aromatic rings. The van der Waals surface area contributed by atoms with Gasteiger partial charge in [-0.05, 0) is 42.7 Å². The number of alkyl halides is 3. The van der Waals surface area contributed by atoms with Crippen LogP contribution in [0.2, 0.25) is 0 Å². The normalized spacial score (nSPS) is 18.9. The van der Waals surface area contributed by atoms with Crippen molar-refractivity contribution in [3.63, 3.8) is 0 Å². The predicted octanol–water partition coefficient (Wildman–Crippen LogP) is 2.32. The number of hydrogen-bond acceptors (Lipinski definition) is 6. The van der Waals surface area contributed by atoms with Crippen LogP contribution in [0.1, 0.15) is 30.5 Å². The lowest BCUT2D eigenvalue weighted by Gasteiger charge is -2.32. The number of nitrogens with zero attached hydrogens (tertiary/aromatic N) is 5. The molecule has 37 heavy (non-hydrogen) atoms. The molecule has 2 amide bonds. The standard InChI is InChI=1S/C23H25F3N8O3/c1-31-17(4-8-28-31)14-11-16(20(35)33(12-14)13-23(24,25)26)29-21(36)32-9-5-15(6-10-32)34-18-3-2-7-27-19(18)30-22(34)37/h2-4,7-8,11-12,15,17,28H,5-6,9-10,13H2,1H3,(H,29,36)(H,27,30,37). The van der Waals surface area contributed by atoms with Crippen LogP contribution in [-0.2, 0) is 6.54 Å². The van der Waals surface area contributed by atoms with Crippen LogP contribution in [0.3, 0.4) is 0 Å². The second kappa shape index (κ2) is 9.42. The zero-order chi connectivity index (χ0) is 26.3. The molecule has 1 saturated heterocycles. The zero-order valence-corrected chi connectivity index (χ0v) is 19.8. The number of H-pyrrole nitrogens is 1. The number of hydrogen-bond donors (Lipinski definition) is 3. The van der Waals surface area contributed by atoms with Crippen molar-refractivity contribution in [2.45, 2.75) is 37.6 Å². The number of imidazole rings is 1. The number of aromatic amines is 1. The Hall–Kier alpha value is -4.07. The molecular weight excluding hydrogens is 493 g/mol. The van der Waals surface area contributed by atoms with Crippen molar-refractivity contribution in [2.75, 3.05) is 25.5 Å². The van der Waals surface area contributed by atoms with Crippen LogP contribution in [0.5, 0.6) is 0 Å². The molecular formula is C23H25F3N8O3. The molecule has 0 aromatic carbocycles. The molecule has 5 heterocycles.